The van der Waals surface area contributed by atoms with E-state index < -0.39 is 0 Å². The van der Waals surface area contributed by atoms with Crippen molar-refractivity contribution in [3.63, 3.8) is 0 Å². The van der Waals surface area contributed by atoms with E-state index in [0.29, 0.717) is 0 Å². The van der Waals surface area contributed by atoms with E-state index in [1.165, 1.54) is 51.2 Å². The van der Waals surface area contributed by atoms with E-state index in [-0.39, 0.29) is 5.41 Å². The van der Waals surface area contributed by atoms with Crippen molar-refractivity contribution in [3.8, 4) is 0 Å². The minimum atomic E-state index is 0.107. The third-order valence-corrected chi connectivity index (χ3v) is 4.23. The second kappa shape index (κ2) is 3.43. The van der Waals surface area contributed by atoms with Crippen LogP contribution < -0.4 is 0 Å². The molecule has 74 valence electrons. The smallest absolute Gasteiger partial charge is 0.126 e. The minimum Gasteiger partial charge on any atom is -0.303 e. The van der Waals surface area contributed by atoms with E-state index in [1.54, 1.807) is 0 Å². The van der Waals surface area contributed by atoms with Crippen molar-refractivity contribution in [1.82, 2.24) is 0 Å². The van der Waals surface area contributed by atoms with Crippen molar-refractivity contribution in [2.45, 2.75) is 51.9 Å². The monoisotopic (exact) mass is 180 g/mol. The first-order valence-electron chi connectivity index (χ1n) is 5.73. The molecule has 0 aromatic carbocycles. The maximum absolute atomic E-state index is 11.3. The Morgan fingerprint density at radius 1 is 1.23 bits per heavy atom. The number of carbonyl (C=O) groups is 1. The summed E-state index contributed by atoms with van der Waals surface area (Å²) in [6.07, 6.45) is 10.2. The summed E-state index contributed by atoms with van der Waals surface area (Å²) in [6, 6.07) is 0. The van der Waals surface area contributed by atoms with Crippen LogP contribution in [0.4, 0.5) is 0 Å². The Morgan fingerprint density at radius 2 is 1.92 bits per heavy atom. The first-order valence-corrected chi connectivity index (χ1v) is 5.73. The van der Waals surface area contributed by atoms with Gasteiger partial charge in [-0.05, 0) is 43.9 Å². The van der Waals surface area contributed by atoms with Crippen LogP contribution in [-0.2, 0) is 4.79 Å². The van der Waals surface area contributed by atoms with Crippen molar-refractivity contribution in [2.24, 2.45) is 17.3 Å². The topological polar surface area (TPSA) is 17.1 Å². The van der Waals surface area contributed by atoms with Gasteiger partial charge in [0.25, 0.3) is 0 Å². The molecule has 2 saturated carbocycles. The molecule has 0 N–H and O–H groups in total. The number of hydrogen-bond donors (Lipinski definition) is 0. The molecule has 0 radical (unpaired) electrons. The molecule has 2 unspecified atom stereocenters. The van der Waals surface area contributed by atoms with Crippen LogP contribution in [0, 0.1) is 17.3 Å². The first-order chi connectivity index (χ1) is 6.27. The Bertz CT molecular complexity index is 193. The Kier molecular flexibility index (Phi) is 2.44. The van der Waals surface area contributed by atoms with Crippen LogP contribution in [-0.4, -0.2) is 6.29 Å². The number of rotatable bonds is 2. The van der Waals surface area contributed by atoms with E-state index in [0.717, 1.165) is 11.8 Å². The minimum absolute atomic E-state index is 0.107. The summed E-state index contributed by atoms with van der Waals surface area (Å²) < 4.78 is 0. The average Bonchev–Trinajstić information content (AvgIpc) is 2.73. The second-order valence-corrected chi connectivity index (χ2v) is 5.18. The molecule has 2 fully saturated rings. The van der Waals surface area contributed by atoms with Gasteiger partial charge in [0.15, 0.2) is 0 Å². The third-order valence-electron chi connectivity index (χ3n) is 4.23. The third kappa shape index (κ3) is 1.53. The molecule has 13 heavy (non-hydrogen) atoms. The van der Waals surface area contributed by atoms with Gasteiger partial charge in [0.1, 0.15) is 6.29 Å². The molecule has 1 heteroatoms. The van der Waals surface area contributed by atoms with Crippen molar-refractivity contribution in [2.75, 3.05) is 0 Å². The van der Waals surface area contributed by atoms with E-state index in [4.69, 9.17) is 0 Å². The van der Waals surface area contributed by atoms with Gasteiger partial charge in [-0.3, -0.25) is 0 Å². The van der Waals surface area contributed by atoms with Crippen LogP contribution in [0.25, 0.3) is 0 Å². The van der Waals surface area contributed by atoms with Gasteiger partial charge in [0.05, 0.1) is 0 Å². The molecule has 1 nitrogen and oxygen atoms in total. The molecule has 0 saturated heterocycles. The number of aldehydes is 1. The summed E-state index contributed by atoms with van der Waals surface area (Å²) in [6.45, 7) is 2.29. The second-order valence-electron chi connectivity index (χ2n) is 5.18. The molecule has 2 aliphatic rings. The fourth-order valence-corrected chi connectivity index (χ4v) is 3.44. The zero-order valence-corrected chi connectivity index (χ0v) is 8.59. The summed E-state index contributed by atoms with van der Waals surface area (Å²) >= 11 is 0. The van der Waals surface area contributed by atoms with E-state index in [1.807, 2.05) is 0 Å². The lowest BCUT2D eigenvalue weighted by molar-refractivity contribution is -0.118. The standard InChI is InChI=1S/C12H20O/c1-10-6-7-12(8-10,9-13)11-4-2-3-5-11/h9-11H,2-8H2,1H3. The quantitative estimate of drug-likeness (QED) is 0.596. The van der Waals surface area contributed by atoms with Crippen LogP contribution >= 0.6 is 0 Å². The Balaban J connectivity index is 2.10. The van der Waals surface area contributed by atoms with Crippen LogP contribution in [0.1, 0.15) is 51.9 Å². The summed E-state index contributed by atoms with van der Waals surface area (Å²) in [5.74, 6) is 1.51. The molecule has 0 amide bonds. The molecule has 0 aliphatic heterocycles. The van der Waals surface area contributed by atoms with Gasteiger partial charge in [0, 0.05) is 5.41 Å². The fourth-order valence-electron chi connectivity index (χ4n) is 3.44. The molecule has 0 spiro atoms. The molecule has 2 rings (SSSR count). The SMILES string of the molecule is CC1CCC(C=O)(C2CCCC2)C1. The van der Waals surface area contributed by atoms with Gasteiger partial charge in [-0.25, -0.2) is 0 Å². The van der Waals surface area contributed by atoms with Gasteiger partial charge >= 0.3 is 0 Å². The fraction of sp³-hybridized carbons (Fsp3) is 0.917. The van der Waals surface area contributed by atoms with Crippen molar-refractivity contribution < 1.29 is 4.79 Å². The summed E-state index contributed by atoms with van der Waals surface area (Å²) in [4.78, 5) is 11.3. The summed E-state index contributed by atoms with van der Waals surface area (Å²) in [5.41, 5.74) is 0.107. The molecule has 0 aromatic heterocycles. The lowest BCUT2D eigenvalue weighted by atomic mass is 9.74. The normalized spacial score (nSPS) is 41.2. The summed E-state index contributed by atoms with van der Waals surface area (Å²) in [7, 11) is 0. The van der Waals surface area contributed by atoms with Crippen molar-refractivity contribution >= 4 is 6.29 Å². The lowest BCUT2D eigenvalue weighted by Gasteiger charge is -2.29. The van der Waals surface area contributed by atoms with Crippen molar-refractivity contribution in [3.05, 3.63) is 0 Å². The maximum Gasteiger partial charge on any atom is 0.126 e. The van der Waals surface area contributed by atoms with Crippen LogP contribution in [0.15, 0.2) is 0 Å². The highest BCUT2D eigenvalue weighted by atomic mass is 16.1. The highest BCUT2D eigenvalue weighted by molar-refractivity contribution is 5.60. The highest BCUT2D eigenvalue weighted by Gasteiger charge is 2.44. The predicted octanol–water partition coefficient (Wildman–Crippen LogP) is 3.18. The molecule has 0 heterocycles. The van der Waals surface area contributed by atoms with Crippen LogP contribution in [0.3, 0.4) is 0 Å². The maximum atomic E-state index is 11.3. The number of hydrogen-bond acceptors (Lipinski definition) is 1. The van der Waals surface area contributed by atoms with Crippen LogP contribution in [0.2, 0.25) is 0 Å². The van der Waals surface area contributed by atoms with Gasteiger partial charge in [-0.15, -0.1) is 0 Å². The van der Waals surface area contributed by atoms with Crippen LogP contribution in [0.5, 0.6) is 0 Å². The first kappa shape index (κ1) is 9.23. The molecular formula is C12H20O. The molecule has 2 aliphatic carbocycles. The summed E-state index contributed by atoms with van der Waals surface area (Å²) in [5, 5.41) is 0. The zero-order chi connectivity index (χ0) is 9.31. The highest BCUT2D eigenvalue weighted by Crippen LogP contribution is 2.50. The largest absolute Gasteiger partial charge is 0.303 e. The van der Waals surface area contributed by atoms with Gasteiger partial charge < -0.3 is 4.79 Å². The van der Waals surface area contributed by atoms with Gasteiger partial charge in [-0.1, -0.05) is 19.8 Å². The van der Waals surface area contributed by atoms with Gasteiger partial charge in [0.2, 0.25) is 0 Å². The molecule has 2 atom stereocenters. The average molecular weight is 180 g/mol. The Morgan fingerprint density at radius 3 is 2.38 bits per heavy atom. The van der Waals surface area contributed by atoms with Crippen molar-refractivity contribution in [1.29, 1.82) is 0 Å². The Hall–Kier alpha value is -0.330. The zero-order valence-electron chi connectivity index (χ0n) is 8.59. The lowest BCUT2D eigenvalue weighted by Crippen LogP contribution is -2.27. The molecular weight excluding hydrogens is 160 g/mol. The molecule has 0 aromatic rings. The van der Waals surface area contributed by atoms with E-state index in [9.17, 15) is 4.79 Å². The van der Waals surface area contributed by atoms with E-state index in [2.05, 4.69) is 6.92 Å². The Labute approximate surface area is 80.9 Å². The molecule has 0 bridgehead atoms. The van der Waals surface area contributed by atoms with Gasteiger partial charge in [-0.2, -0.15) is 0 Å². The van der Waals surface area contributed by atoms with E-state index >= 15 is 0 Å². The predicted molar refractivity (Wildman–Crippen MR) is 53.5 cm³/mol. The number of carbonyl (C=O) groups excluding carboxylic acids is 1.